The van der Waals surface area contributed by atoms with Crippen molar-refractivity contribution < 1.29 is 9.84 Å². The Morgan fingerprint density at radius 3 is 2.56 bits per heavy atom. The second-order valence-electron chi connectivity index (χ2n) is 4.49. The van der Waals surface area contributed by atoms with Gasteiger partial charge in [-0.1, -0.05) is 13.0 Å². The van der Waals surface area contributed by atoms with E-state index in [1.165, 1.54) is 5.56 Å². The first-order valence-electron chi connectivity index (χ1n) is 6.18. The van der Waals surface area contributed by atoms with Gasteiger partial charge in [-0.2, -0.15) is 0 Å². The van der Waals surface area contributed by atoms with Gasteiger partial charge in [0.2, 0.25) is 0 Å². The van der Waals surface area contributed by atoms with Crippen LogP contribution in [0.5, 0.6) is 5.75 Å². The largest absolute Gasteiger partial charge is 0.494 e. The molecule has 0 radical (unpaired) electrons. The molecule has 0 heterocycles. The fraction of sp³-hybridized carbons (Fsp3) is 0.571. The molecule has 1 aromatic carbocycles. The molecular weight excluding hydrogens is 200 g/mol. The Kier molecular flexibility index (Phi) is 3.20. The smallest absolute Gasteiger partial charge is 0.122 e. The van der Waals surface area contributed by atoms with Crippen LogP contribution in [0, 0.1) is 0 Å². The van der Waals surface area contributed by atoms with E-state index in [0.717, 1.165) is 37.0 Å². The average Bonchev–Trinajstić information content (AvgIpc) is 2.27. The van der Waals surface area contributed by atoms with Gasteiger partial charge in [-0.3, -0.25) is 0 Å². The van der Waals surface area contributed by atoms with Crippen LogP contribution in [0.4, 0.5) is 0 Å². The second kappa shape index (κ2) is 4.46. The zero-order valence-electron chi connectivity index (χ0n) is 10.1. The summed E-state index contributed by atoms with van der Waals surface area (Å²) in [4.78, 5) is 0. The van der Waals surface area contributed by atoms with Gasteiger partial charge in [0, 0.05) is 0 Å². The molecule has 2 rings (SSSR count). The van der Waals surface area contributed by atoms with Gasteiger partial charge >= 0.3 is 0 Å². The molecule has 0 spiro atoms. The number of aliphatic hydroxyl groups is 1. The molecule has 0 atom stereocenters. The maximum Gasteiger partial charge on any atom is 0.122 e. The Morgan fingerprint density at radius 2 is 2.06 bits per heavy atom. The first kappa shape index (κ1) is 11.5. The fourth-order valence-electron chi connectivity index (χ4n) is 2.24. The molecule has 0 saturated heterocycles. The quantitative estimate of drug-likeness (QED) is 0.845. The lowest BCUT2D eigenvalue weighted by Crippen LogP contribution is -2.33. The number of benzene rings is 1. The summed E-state index contributed by atoms with van der Waals surface area (Å²) in [6.45, 7) is 4.80. The van der Waals surface area contributed by atoms with Gasteiger partial charge in [0.25, 0.3) is 0 Å². The predicted molar refractivity (Wildman–Crippen MR) is 64.7 cm³/mol. The number of hydrogen-bond donors (Lipinski definition) is 1. The van der Waals surface area contributed by atoms with Crippen molar-refractivity contribution in [2.75, 3.05) is 6.61 Å². The molecule has 0 unspecified atom stereocenters. The molecule has 1 N–H and O–H groups in total. The zero-order valence-corrected chi connectivity index (χ0v) is 10.1. The summed E-state index contributed by atoms with van der Waals surface area (Å²) < 4.78 is 5.57. The second-order valence-corrected chi connectivity index (χ2v) is 4.49. The minimum Gasteiger partial charge on any atom is -0.494 e. The summed E-state index contributed by atoms with van der Waals surface area (Å²) in [5.41, 5.74) is 1.69. The van der Waals surface area contributed by atoms with Crippen LogP contribution in [0.3, 0.4) is 0 Å². The van der Waals surface area contributed by atoms with E-state index < -0.39 is 5.60 Å². The highest BCUT2D eigenvalue weighted by Gasteiger charge is 2.36. The number of aryl methyl sites for hydroxylation is 1. The molecule has 0 aliphatic heterocycles. The number of ether oxygens (including phenoxy) is 1. The molecule has 0 aromatic heterocycles. The topological polar surface area (TPSA) is 29.5 Å². The Hall–Kier alpha value is -1.02. The summed E-state index contributed by atoms with van der Waals surface area (Å²) >= 11 is 0. The third-order valence-electron chi connectivity index (χ3n) is 3.46. The van der Waals surface area contributed by atoms with E-state index in [-0.39, 0.29) is 0 Å². The Bertz CT molecular complexity index is 367. The molecule has 1 aliphatic rings. The standard InChI is InChI=1S/C14H20O2/c1-3-11-10-12(14(15)8-5-9-14)6-7-13(11)16-4-2/h6-7,10,15H,3-5,8-9H2,1-2H3. The lowest BCUT2D eigenvalue weighted by Gasteiger charge is -2.37. The minimum absolute atomic E-state index is 0.561. The van der Waals surface area contributed by atoms with Gasteiger partial charge < -0.3 is 9.84 Å². The summed E-state index contributed by atoms with van der Waals surface area (Å²) in [7, 11) is 0. The highest BCUT2D eigenvalue weighted by atomic mass is 16.5. The van der Waals surface area contributed by atoms with Crippen molar-refractivity contribution in [3.8, 4) is 5.75 Å². The molecule has 1 fully saturated rings. The van der Waals surface area contributed by atoms with Gasteiger partial charge in [0.1, 0.15) is 5.75 Å². The van der Waals surface area contributed by atoms with Crippen molar-refractivity contribution in [3.63, 3.8) is 0 Å². The first-order chi connectivity index (χ1) is 7.69. The summed E-state index contributed by atoms with van der Waals surface area (Å²) in [5, 5.41) is 10.3. The molecular formula is C14H20O2. The third-order valence-corrected chi connectivity index (χ3v) is 3.46. The van der Waals surface area contributed by atoms with Crippen molar-refractivity contribution in [2.24, 2.45) is 0 Å². The minimum atomic E-state index is -0.561. The van der Waals surface area contributed by atoms with E-state index in [1.54, 1.807) is 0 Å². The Labute approximate surface area is 97.3 Å². The van der Waals surface area contributed by atoms with Crippen LogP contribution in [0.1, 0.15) is 44.2 Å². The van der Waals surface area contributed by atoms with E-state index in [4.69, 9.17) is 4.74 Å². The number of rotatable bonds is 4. The molecule has 2 nitrogen and oxygen atoms in total. The lowest BCUT2D eigenvalue weighted by atomic mass is 9.75. The maximum atomic E-state index is 10.3. The summed E-state index contributed by atoms with van der Waals surface area (Å²) in [5.74, 6) is 0.955. The predicted octanol–water partition coefficient (Wildman–Crippen LogP) is 3.02. The van der Waals surface area contributed by atoms with Gasteiger partial charge in [-0.25, -0.2) is 0 Å². The number of hydrogen-bond acceptors (Lipinski definition) is 2. The highest BCUT2D eigenvalue weighted by molar-refractivity contribution is 5.40. The fourth-order valence-corrected chi connectivity index (χ4v) is 2.24. The first-order valence-corrected chi connectivity index (χ1v) is 6.18. The molecule has 1 aromatic rings. The zero-order chi connectivity index (χ0) is 11.6. The van der Waals surface area contributed by atoms with Crippen LogP contribution in [0.15, 0.2) is 18.2 Å². The molecule has 0 bridgehead atoms. The van der Waals surface area contributed by atoms with Crippen LogP contribution in [-0.4, -0.2) is 11.7 Å². The lowest BCUT2D eigenvalue weighted by molar-refractivity contribution is -0.0388. The molecule has 2 heteroatoms. The molecule has 1 aliphatic carbocycles. The van der Waals surface area contributed by atoms with Gasteiger partial charge in [-0.05, 0) is 55.9 Å². The Morgan fingerprint density at radius 1 is 1.31 bits per heavy atom. The summed E-state index contributed by atoms with van der Waals surface area (Å²) in [6.07, 6.45) is 3.86. The molecule has 88 valence electrons. The molecule has 1 saturated carbocycles. The van der Waals surface area contributed by atoms with E-state index in [1.807, 2.05) is 19.1 Å². The van der Waals surface area contributed by atoms with Crippen molar-refractivity contribution >= 4 is 0 Å². The Balaban J connectivity index is 2.29. The van der Waals surface area contributed by atoms with Crippen LogP contribution in [0.2, 0.25) is 0 Å². The van der Waals surface area contributed by atoms with E-state index in [0.29, 0.717) is 6.61 Å². The van der Waals surface area contributed by atoms with Crippen molar-refractivity contribution in [1.82, 2.24) is 0 Å². The van der Waals surface area contributed by atoms with E-state index in [2.05, 4.69) is 13.0 Å². The van der Waals surface area contributed by atoms with E-state index >= 15 is 0 Å². The van der Waals surface area contributed by atoms with Gasteiger partial charge in [0.15, 0.2) is 0 Å². The molecule has 0 amide bonds. The third kappa shape index (κ3) is 1.94. The van der Waals surface area contributed by atoms with Gasteiger partial charge in [0.05, 0.1) is 12.2 Å². The molecule has 16 heavy (non-hydrogen) atoms. The van der Waals surface area contributed by atoms with Crippen LogP contribution in [0.25, 0.3) is 0 Å². The van der Waals surface area contributed by atoms with E-state index in [9.17, 15) is 5.11 Å². The van der Waals surface area contributed by atoms with Crippen LogP contribution in [-0.2, 0) is 12.0 Å². The SMILES string of the molecule is CCOc1ccc(C2(O)CCC2)cc1CC. The maximum absolute atomic E-state index is 10.3. The average molecular weight is 220 g/mol. The van der Waals surface area contributed by atoms with Crippen LogP contribution >= 0.6 is 0 Å². The van der Waals surface area contributed by atoms with Crippen LogP contribution < -0.4 is 4.74 Å². The summed E-state index contributed by atoms with van der Waals surface area (Å²) in [6, 6.07) is 6.10. The van der Waals surface area contributed by atoms with Gasteiger partial charge in [-0.15, -0.1) is 0 Å². The van der Waals surface area contributed by atoms with Crippen molar-refractivity contribution in [3.05, 3.63) is 29.3 Å². The monoisotopic (exact) mass is 220 g/mol. The van der Waals surface area contributed by atoms with Crippen molar-refractivity contribution in [1.29, 1.82) is 0 Å². The van der Waals surface area contributed by atoms with Crippen molar-refractivity contribution in [2.45, 2.75) is 45.1 Å². The normalized spacial score (nSPS) is 17.9. The highest BCUT2D eigenvalue weighted by Crippen LogP contribution is 2.42.